The number of ether oxygens (including phenoxy) is 2. The van der Waals surface area contributed by atoms with Crippen molar-refractivity contribution in [3.05, 3.63) is 23.8 Å². The molecule has 0 bridgehead atoms. The minimum absolute atomic E-state index is 0.171. The van der Waals surface area contributed by atoms with Crippen LogP contribution in [0.3, 0.4) is 0 Å². The molecule has 2 aliphatic heterocycles. The second-order valence-electron chi connectivity index (χ2n) is 7.26. The molecular weight excluding hydrogens is 410 g/mol. The zero-order valence-corrected chi connectivity index (χ0v) is 18.2. The number of hydrogen-bond acceptors (Lipinski definition) is 6. The van der Waals surface area contributed by atoms with Gasteiger partial charge in [-0.05, 0) is 37.1 Å². The first kappa shape index (κ1) is 22.7. The maximum absolute atomic E-state index is 12.9. The summed E-state index contributed by atoms with van der Waals surface area (Å²) >= 11 is 0. The van der Waals surface area contributed by atoms with E-state index >= 15 is 0 Å². The average molecular weight is 440 g/mol. The van der Waals surface area contributed by atoms with Gasteiger partial charge in [0.1, 0.15) is 6.04 Å². The minimum Gasteiger partial charge on any atom is -0.382 e. The first-order valence-electron chi connectivity index (χ1n) is 10.2. The Bertz CT molecular complexity index is 883. The summed E-state index contributed by atoms with van der Waals surface area (Å²) in [5.74, 6) is -0.512. The van der Waals surface area contributed by atoms with Gasteiger partial charge in [-0.25, -0.2) is 8.42 Å². The topological polar surface area (TPSA) is 105 Å². The zero-order valence-electron chi connectivity index (χ0n) is 17.4. The summed E-state index contributed by atoms with van der Waals surface area (Å²) in [5, 5.41) is 2.85. The van der Waals surface area contributed by atoms with Crippen molar-refractivity contribution in [2.45, 2.75) is 37.6 Å². The van der Waals surface area contributed by atoms with Crippen LogP contribution in [0.15, 0.2) is 23.1 Å². The third-order valence-corrected chi connectivity index (χ3v) is 7.15. The van der Waals surface area contributed by atoms with Gasteiger partial charge in [0.05, 0.1) is 18.1 Å². The van der Waals surface area contributed by atoms with E-state index in [-0.39, 0.29) is 23.1 Å². The predicted octanol–water partition coefficient (Wildman–Crippen LogP) is 0.528. The van der Waals surface area contributed by atoms with Gasteiger partial charge < -0.3 is 14.8 Å². The molecule has 1 aromatic rings. The van der Waals surface area contributed by atoms with Gasteiger partial charge in [-0.15, -0.1) is 0 Å². The fraction of sp³-hybridized carbons (Fsp3) is 0.600. The lowest BCUT2D eigenvalue weighted by atomic mass is 10.1. The van der Waals surface area contributed by atoms with Crippen LogP contribution in [-0.4, -0.2) is 76.6 Å². The Morgan fingerprint density at radius 3 is 2.67 bits per heavy atom. The number of carbonyl (C=O) groups is 2. The van der Waals surface area contributed by atoms with Gasteiger partial charge in [-0.2, -0.15) is 4.31 Å². The van der Waals surface area contributed by atoms with E-state index in [9.17, 15) is 18.0 Å². The molecule has 2 amide bonds. The van der Waals surface area contributed by atoms with Gasteiger partial charge in [-0.3, -0.25) is 14.5 Å². The number of benzene rings is 1. The van der Waals surface area contributed by atoms with Crippen LogP contribution in [0.5, 0.6) is 0 Å². The molecule has 9 nitrogen and oxygen atoms in total. The number of sulfonamides is 1. The lowest BCUT2D eigenvalue weighted by Gasteiger charge is -2.26. The summed E-state index contributed by atoms with van der Waals surface area (Å²) < 4.78 is 37.8. The number of morpholine rings is 1. The normalized spacial score (nSPS) is 19.5. The highest BCUT2D eigenvalue weighted by molar-refractivity contribution is 7.89. The molecule has 1 fully saturated rings. The molecule has 10 heteroatoms. The summed E-state index contributed by atoms with van der Waals surface area (Å²) in [5.41, 5.74) is 1.26. The Kier molecular flexibility index (Phi) is 7.45. The second kappa shape index (κ2) is 9.86. The highest BCUT2D eigenvalue weighted by Gasteiger charge is 2.38. The Balaban J connectivity index is 1.76. The Morgan fingerprint density at radius 2 is 2.00 bits per heavy atom. The van der Waals surface area contributed by atoms with Crippen LogP contribution in [0.25, 0.3) is 0 Å². The number of fused-ring (bicyclic) bond motifs is 1. The second-order valence-corrected chi connectivity index (χ2v) is 9.20. The monoisotopic (exact) mass is 439 g/mol. The van der Waals surface area contributed by atoms with Crippen molar-refractivity contribution in [3.8, 4) is 0 Å². The summed E-state index contributed by atoms with van der Waals surface area (Å²) in [6, 6.07) is 4.01. The van der Waals surface area contributed by atoms with E-state index in [1.54, 1.807) is 12.1 Å². The van der Waals surface area contributed by atoms with Gasteiger partial charge in [0.25, 0.3) is 0 Å². The minimum atomic E-state index is -3.65. The van der Waals surface area contributed by atoms with Crippen molar-refractivity contribution in [2.24, 2.45) is 0 Å². The fourth-order valence-electron chi connectivity index (χ4n) is 3.77. The van der Waals surface area contributed by atoms with Crippen LogP contribution in [0.4, 0.5) is 5.69 Å². The first-order chi connectivity index (χ1) is 14.4. The van der Waals surface area contributed by atoms with E-state index in [1.807, 2.05) is 6.92 Å². The van der Waals surface area contributed by atoms with Crippen molar-refractivity contribution in [2.75, 3.05) is 51.0 Å². The standard InChI is InChI=1S/C20H29N3O6S/c1-3-28-10-4-7-21-20(25)19-14-16-13-17(5-6-18(16)23(19)15(2)24)30(26,27)22-8-11-29-12-9-22/h5-6,13,19H,3-4,7-12,14H2,1-2H3,(H,21,25). The van der Waals surface area contributed by atoms with E-state index in [4.69, 9.17) is 9.47 Å². The van der Waals surface area contributed by atoms with Crippen molar-refractivity contribution in [1.29, 1.82) is 0 Å². The Hall–Kier alpha value is -2.01. The number of hydrogen-bond donors (Lipinski definition) is 1. The molecule has 2 aliphatic rings. The molecule has 0 aromatic heterocycles. The van der Waals surface area contributed by atoms with Crippen molar-refractivity contribution in [3.63, 3.8) is 0 Å². The molecule has 166 valence electrons. The lowest BCUT2D eigenvalue weighted by Crippen LogP contribution is -2.47. The van der Waals surface area contributed by atoms with E-state index in [2.05, 4.69) is 5.32 Å². The van der Waals surface area contributed by atoms with Gasteiger partial charge in [-0.1, -0.05) is 0 Å². The summed E-state index contributed by atoms with van der Waals surface area (Å²) in [7, 11) is -3.65. The summed E-state index contributed by atoms with van der Waals surface area (Å²) in [6.45, 7) is 6.31. The number of carbonyl (C=O) groups excluding carboxylic acids is 2. The van der Waals surface area contributed by atoms with E-state index in [1.165, 1.54) is 22.2 Å². The van der Waals surface area contributed by atoms with Crippen molar-refractivity contribution < 1.29 is 27.5 Å². The van der Waals surface area contributed by atoms with Crippen molar-refractivity contribution in [1.82, 2.24) is 9.62 Å². The molecule has 0 saturated carbocycles. The van der Waals surface area contributed by atoms with Gasteiger partial charge in [0.15, 0.2) is 0 Å². The maximum Gasteiger partial charge on any atom is 0.243 e. The number of nitrogens with zero attached hydrogens (tertiary/aromatic N) is 2. The third kappa shape index (κ3) is 4.83. The van der Waals surface area contributed by atoms with Crippen LogP contribution < -0.4 is 10.2 Å². The van der Waals surface area contributed by atoms with E-state index < -0.39 is 16.1 Å². The van der Waals surface area contributed by atoms with E-state index in [0.29, 0.717) is 63.7 Å². The number of rotatable bonds is 8. The highest BCUT2D eigenvalue weighted by atomic mass is 32.2. The smallest absolute Gasteiger partial charge is 0.243 e. The molecule has 30 heavy (non-hydrogen) atoms. The van der Waals surface area contributed by atoms with Crippen LogP contribution in [0.2, 0.25) is 0 Å². The lowest BCUT2D eigenvalue weighted by molar-refractivity contribution is -0.125. The van der Waals surface area contributed by atoms with Crippen molar-refractivity contribution >= 4 is 27.5 Å². The largest absolute Gasteiger partial charge is 0.382 e. The van der Waals surface area contributed by atoms with Crippen LogP contribution in [-0.2, 0) is 35.5 Å². The Labute approximate surface area is 177 Å². The molecule has 2 heterocycles. The predicted molar refractivity (Wildman–Crippen MR) is 111 cm³/mol. The summed E-state index contributed by atoms with van der Waals surface area (Å²) in [4.78, 5) is 26.6. The zero-order chi connectivity index (χ0) is 21.7. The molecule has 0 spiro atoms. The van der Waals surface area contributed by atoms with Gasteiger partial charge in [0, 0.05) is 51.9 Å². The van der Waals surface area contributed by atoms with E-state index in [0.717, 1.165) is 0 Å². The fourth-order valence-corrected chi connectivity index (χ4v) is 5.23. The summed E-state index contributed by atoms with van der Waals surface area (Å²) in [6.07, 6.45) is 0.958. The third-order valence-electron chi connectivity index (χ3n) is 5.25. The SMILES string of the molecule is CCOCCCNC(=O)C1Cc2cc(S(=O)(=O)N3CCOCC3)ccc2N1C(C)=O. The number of nitrogens with one attached hydrogen (secondary N) is 1. The number of anilines is 1. The Morgan fingerprint density at radius 1 is 1.27 bits per heavy atom. The van der Waals surface area contributed by atoms with Gasteiger partial charge in [0.2, 0.25) is 21.8 Å². The van der Waals surface area contributed by atoms with Crippen LogP contribution >= 0.6 is 0 Å². The average Bonchev–Trinajstić information content (AvgIpc) is 3.13. The molecule has 1 unspecified atom stereocenters. The molecule has 3 rings (SSSR count). The van der Waals surface area contributed by atoms with Crippen LogP contribution in [0, 0.1) is 0 Å². The molecule has 0 aliphatic carbocycles. The highest BCUT2D eigenvalue weighted by Crippen LogP contribution is 2.35. The molecule has 1 saturated heterocycles. The first-order valence-corrected chi connectivity index (χ1v) is 11.7. The maximum atomic E-state index is 12.9. The molecule has 1 N–H and O–H groups in total. The molecule has 0 radical (unpaired) electrons. The van der Waals surface area contributed by atoms with Crippen LogP contribution in [0.1, 0.15) is 25.8 Å². The quantitative estimate of drug-likeness (QED) is 0.593. The molecular formula is C20H29N3O6S. The number of amides is 2. The molecule has 1 aromatic carbocycles. The van der Waals surface area contributed by atoms with Gasteiger partial charge >= 0.3 is 0 Å². The molecule has 1 atom stereocenters.